The molecule has 0 radical (unpaired) electrons. The highest BCUT2D eigenvalue weighted by Gasteiger charge is 2.34. The maximum atomic E-state index is 13.7. The fraction of sp³-hybridized carbons (Fsp3) is 0.391. The van der Waals surface area contributed by atoms with E-state index < -0.39 is 10.0 Å². The van der Waals surface area contributed by atoms with Crippen molar-refractivity contribution < 1.29 is 13.2 Å². The van der Waals surface area contributed by atoms with Gasteiger partial charge >= 0.3 is 0 Å². The van der Waals surface area contributed by atoms with E-state index >= 15 is 0 Å². The number of nitrogens with zero attached hydrogens (tertiary/aromatic N) is 3. The molecule has 3 aromatic rings. The lowest BCUT2D eigenvalue weighted by molar-refractivity contribution is -0.123. The number of anilines is 1. The van der Waals surface area contributed by atoms with Gasteiger partial charge in [-0.05, 0) is 49.4 Å². The van der Waals surface area contributed by atoms with E-state index in [1.54, 1.807) is 4.90 Å². The van der Waals surface area contributed by atoms with Crippen molar-refractivity contribution in [2.75, 3.05) is 24.2 Å². The van der Waals surface area contributed by atoms with Crippen LogP contribution in [0.1, 0.15) is 29.5 Å². The first kappa shape index (κ1) is 21.9. The number of piperidine rings is 1. The van der Waals surface area contributed by atoms with Gasteiger partial charge in [0.05, 0.1) is 28.9 Å². The minimum Gasteiger partial charge on any atom is -0.283 e. The Morgan fingerprint density at radius 3 is 2.68 bits per heavy atom. The molecule has 0 unspecified atom stereocenters. The molecule has 0 spiro atoms. The molecule has 1 saturated heterocycles. The van der Waals surface area contributed by atoms with Gasteiger partial charge < -0.3 is 0 Å². The molecule has 164 valence electrons. The third-order valence-electron chi connectivity index (χ3n) is 5.70. The fourth-order valence-electron chi connectivity index (χ4n) is 4.15. The number of hydrogen-bond acceptors (Lipinski definition) is 5. The Kier molecular flexibility index (Phi) is 6.14. The van der Waals surface area contributed by atoms with Crippen LogP contribution in [0.15, 0.2) is 42.5 Å². The molecule has 0 bridgehead atoms. The Morgan fingerprint density at radius 2 is 1.97 bits per heavy atom. The monoisotopic (exact) mass is 457 g/mol. The molecule has 0 saturated carbocycles. The molecule has 0 N–H and O–H groups in total. The highest BCUT2D eigenvalue weighted by Crippen LogP contribution is 2.34. The zero-order valence-corrected chi connectivity index (χ0v) is 19.7. The quantitative estimate of drug-likeness (QED) is 0.578. The average molecular weight is 458 g/mol. The summed E-state index contributed by atoms with van der Waals surface area (Å²) >= 11 is 1.51. The predicted molar refractivity (Wildman–Crippen MR) is 126 cm³/mol. The highest BCUT2D eigenvalue weighted by molar-refractivity contribution is 7.88. The van der Waals surface area contributed by atoms with E-state index in [1.807, 2.05) is 37.3 Å². The summed E-state index contributed by atoms with van der Waals surface area (Å²) in [5, 5.41) is 0.661. The second kappa shape index (κ2) is 8.68. The van der Waals surface area contributed by atoms with Crippen LogP contribution in [0.4, 0.5) is 5.13 Å². The zero-order valence-electron chi connectivity index (χ0n) is 18.0. The molecule has 1 fully saturated rings. The van der Waals surface area contributed by atoms with Crippen molar-refractivity contribution in [1.82, 2.24) is 9.29 Å². The lowest BCUT2D eigenvalue weighted by atomic mass is 9.98. The van der Waals surface area contributed by atoms with Gasteiger partial charge in [0.2, 0.25) is 15.9 Å². The minimum atomic E-state index is -3.32. The van der Waals surface area contributed by atoms with Gasteiger partial charge in [-0.1, -0.05) is 47.7 Å². The summed E-state index contributed by atoms with van der Waals surface area (Å²) in [6, 6.07) is 14.0. The second-order valence-electron chi connectivity index (χ2n) is 8.30. The van der Waals surface area contributed by atoms with Gasteiger partial charge in [-0.3, -0.25) is 9.69 Å². The van der Waals surface area contributed by atoms with E-state index in [9.17, 15) is 13.2 Å². The molecule has 1 aliphatic heterocycles. The lowest BCUT2D eigenvalue weighted by Crippen LogP contribution is -2.46. The molecule has 1 aliphatic rings. The highest BCUT2D eigenvalue weighted by atomic mass is 32.2. The van der Waals surface area contributed by atoms with E-state index in [1.165, 1.54) is 21.9 Å². The Labute approximate surface area is 187 Å². The number of fused-ring (bicyclic) bond motifs is 1. The van der Waals surface area contributed by atoms with Crippen molar-refractivity contribution in [2.24, 2.45) is 5.92 Å². The summed E-state index contributed by atoms with van der Waals surface area (Å²) < 4.78 is 26.6. The Bertz CT molecular complexity index is 1210. The molecule has 1 amide bonds. The summed E-state index contributed by atoms with van der Waals surface area (Å²) in [6.45, 7) is 5.20. The molecule has 0 aliphatic carbocycles. The van der Waals surface area contributed by atoms with Crippen LogP contribution in [0.25, 0.3) is 10.2 Å². The zero-order chi connectivity index (χ0) is 22.2. The second-order valence-corrected chi connectivity index (χ2v) is 11.3. The van der Waals surface area contributed by atoms with Crippen molar-refractivity contribution in [3.8, 4) is 0 Å². The predicted octanol–water partition coefficient (Wildman–Crippen LogP) is 4.12. The number of aromatic nitrogens is 1. The van der Waals surface area contributed by atoms with Gasteiger partial charge in [0, 0.05) is 13.1 Å². The molecule has 31 heavy (non-hydrogen) atoms. The number of sulfonamides is 1. The summed E-state index contributed by atoms with van der Waals surface area (Å²) in [4.78, 5) is 20.2. The number of hydrogen-bond donors (Lipinski definition) is 0. The molecular formula is C23H27N3O3S2. The molecule has 1 aromatic heterocycles. The minimum absolute atomic E-state index is 0.0642. The average Bonchev–Trinajstić information content (AvgIpc) is 3.16. The number of carbonyl (C=O) groups is 1. The van der Waals surface area contributed by atoms with E-state index in [4.69, 9.17) is 4.98 Å². The van der Waals surface area contributed by atoms with Gasteiger partial charge in [-0.15, -0.1) is 0 Å². The van der Waals surface area contributed by atoms with Gasteiger partial charge in [-0.25, -0.2) is 17.7 Å². The summed E-state index contributed by atoms with van der Waals surface area (Å²) in [6.07, 6.45) is 2.57. The van der Waals surface area contributed by atoms with E-state index in [0.717, 1.165) is 26.9 Å². The third kappa shape index (κ3) is 4.81. The Morgan fingerprint density at radius 1 is 1.23 bits per heavy atom. The molecule has 1 atom stereocenters. The van der Waals surface area contributed by atoms with Crippen molar-refractivity contribution in [3.63, 3.8) is 0 Å². The van der Waals surface area contributed by atoms with Crippen LogP contribution in [0.5, 0.6) is 0 Å². The standard InChI is InChI=1S/C23H27N3O3S2/c1-16-12-17(2)21-20(13-16)30-23(24-21)26(14-18-8-5-4-6-9-18)22(27)19-10-7-11-25(15-19)31(3,28)29/h4-6,8-9,12-13,19H,7,10-11,14-15H2,1-3H3/t19-/m1/s1. The van der Waals surface area contributed by atoms with E-state index in [0.29, 0.717) is 31.1 Å². The first-order chi connectivity index (χ1) is 14.7. The van der Waals surface area contributed by atoms with Crippen molar-refractivity contribution in [3.05, 3.63) is 59.2 Å². The van der Waals surface area contributed by atoms with Crippen LogP contribution in [-0.4, -0.2) is 43.0 Å². The largest absolute Gasteiger partial charge is 0.283 e. The molecular weight excluding hydrogens is 430 g/mol. The lowest BCUT2D eigenvalue weighted by Gasteiger charge is -2.33. The molecule has 6 nitrogen and oxygen atoms in total. The van der Waals surface area contributed by atoms with Crippen molar-refractivity contribution in [2.45, 2.75) is 33.2 Å². The molecule has 8 heteroatoms. The molecule has 2 heterocycles. The normalized spacial score (nSPS) is 17.7. The van der Waals surface area contributed by atoms with Gasteiger partial charge in [0.15, 0.2) is 5.13 Å². The smallest absolute Gasteiger partial charge is 0.233 e. The summed E-state index contributed by atoms with van der Waals surface area (Å²) in [5.41, 5.74) is 4.18. The first-order valence-electron chi connectivity index (χ1n) is 10.4. The molecule has 2 aromatic carbocycles. The van der Waals surface area contributed by atoms with Gasteiger partial charge in [0.25, 0.3) is 0 Å². The SMILES string of the molecule is Cc1cc(C)c2nc(N(Cc3ccccc3)C(=O)[C@@H]3CCCN(S(C)(=O)=O)C3)sc2c1. The van der Waals surface area contributed by atoms with E-state index in [-0.39, 0.29) is 18.4 Å². The fourth-order valence-corrected chi connectivity index (χ4v) is 6.20. The van der Waals surface area contributed by atoms with Crippen LogP contribution in [-0.2, 0) is 21.4 Å². The number of rotatable bonds is 5. The maximum absolute atomic E-state index is 13.7. The number of aryl methyl sites for hydroxylation is 2. The van der Waals surface area contributed by atoms with Crippen LogP contribution < -0.4 is 4.90 Å². The van der Waals surface area contributed by atoms with Crippen LogP contribution >= 0.6 is 11.3 Å². The first-order valence-corrected chi connectivity index (χ1v) is 13.1. The maximum Gasteiger partial charge on any atom is 0.233 e. The Hall–Kier alpha value is -2.29. The molecule has 4 rings (SSSR count). The van der Waals surface area contributed by atoms with Crippen molar-refractivity contribution in [1.29, 1.82) is 0 Å². The number of carbonyl (C=O) groups excluding carboxylic acids is 1. The Balaban J connectivity index is 1.71. The third-order valence-corrected chi connectivity index (χ3v) is 8.00. The van der Waals surface area contributed by atoms with Crippen LogP contribution in [0, 0.1) is 19.8 Å². The number of amides is 1. The summed E-state index contributed by atoms with van der Waals surface area (Å²) in [5.74, 6) is -0.437. The van der Waals surface area contributed by atoms with Gasteiger partial charge in [-0.2, -0.15) is 0 Å². The number of benzene rings is 2. The van der Waals surface area contributed by atoms with E-state index in [2.05, 4.69) is 19.1 Å². The number of thiazole rings is 1. The van der Waals surface area contributed by atoms with Crippen molar-refractivity contribution >= 4 is 42.6 Å². The van der Waals surface area contributed by atoms with Gasteiger partial charge in [0.1, 0.15) is 0 Å². The van der Waals surface area contributed by atoms with Crippen LogP contribution in [0.3, 0.4) is 0 Å². The summed E-state index contributed by atoms with van der Waals surface area (Å²) in [7, 11) is -3.32. The van der Waals surface area contributed by atoms with Crippen LogP contribution in [0.2, 0.25) is 0 Å². The topological polar surface area (TPSA) is 70.6 Å².